The maximum absolute atomic E-state index is 12.7. The van der Waals surface area contributed by atoms with Crippen LogP contribution >= 0.6 is 0 Å². The molecule has 9 heteroatoms. The molecular formula is C19H18F3N3O2S. The molecule has 4 rings (SSSR count). The van der Waals surface area contributed by atoms with E-state index < -0.39 is 17.7 Å². The number of nitrogens with one attached hydrogen (secondary N) is 1. The molecular weight excluding hydrogens is 391 g/mol. The van der Waals surface area contributed by atoms with Gasteiger partial charge in [-0.2, -0.15) is 0 Å². The summed E-state index contributed by atoms with van der Waals surface area (Å²) in [5, 5.41) is 0. The molecule has 1 saturated heterocycles. The second kappa shape index (κ2) is 7.65. The Morgan fingerprint density at radius 1 is 1.07 bits per heavy atom. The van der Waals surface area contributed by atoms with E-state index in [1.807, 2.05) is 28.6 Å². The molecule has 0 radical (unpaired) electrons. The minimum absolute atomic E-state index is 0.267. The van der Waals surface area contributed by atoms with E-state index in [2.05, 4.69) is 14.7 Å². The molecule has 1 atom stereocenters. The van der Waals surface area contributed by atoms with E-state index in [1.54, 1.807) is 0 Å². The van der Waals surface area contributed by atoms with E-state index in [-0.39, 0.29) is 11.7 Å². The fourth-order valence-electron chi connectivity index (χ4n) is 3.37. The second-order valence-electron chi connectivity index (χ2n) is 6.61. The van der Waals surface area contributed by atoms with Gasteiger partial charge in [0.05, 0.1) is 22.4 Å². The first-order valence-electron chi connectivity index (χ1n) is 8.86. The number of hydrogen-bond donors (Lipinski definition) is 1. The Labute approximate surface area is 162 Å². The van der Waals surface area contributed by atoms with Gasteiger partial charge in [-0.05, 0) is 49.2 Å². The molecule has 2 heterocycles. The monoisotopic (exact) mass is 409 g/mol. The molecule has 1 aromatic heterocycles. The van der Waals surface area contributed by atoms with E-state index >= 15 is 0 Å². The first-order valence-corrected chi connectivity index (χ1v) is 9.97. The Hall–Kier alpha value is -2.23. The predicted octanol–water partition coefficient (Wildman–Crippen LogP) is 4.36. The standard InChI is InChI=1S/C19H18F3N3O2S/c20-19(21,22)27-14-5-7-15(8-6-14)28(26)25-11-9-13(10-12-25)18-23-16-3-1-2-4-17(16)24-18/h1-8,13H,9-12H2,(H,23,24). The number of piperidine rings is 1. The highest BCUT2D eigenvalue weighted by molar-refractivity contribution is 7.89. The van der Waals surface area contributed by atoms with Crippen LogP contribution < -0.4 is 4.74 Å². The number of rotatable bonds is 4. The van der Waals surface area contributed by atoms with Crippen molar-refractivity contribution in [3.05, 3.63) is 54.4 Å². The lowest BCUT2D eigenvalue weighted by molar-refractivity contribution is -0.274. The molecule has 0 bridgehead atoms. The number of nitrogens with zero attached hydrogens (tertiary/aromatic N) is 2. The zero-order valence-electron chi connectivity index (χ0n) is 14.8. The van der Waals surface area contributed by atoms with Crippen molar-refractivity contribution < 1.29 is 22.5 Å². The van der Waals surface area contributed by atoms with Gasteiger partial charge in [-0.15, -0.1) is 17.5 Å². The number of alkyl halides is 3. The van der Waals surface area contributed by atoms with Gasteiger partial charge in [0.1, 0.15) is 11.6 Å². The summed E-state index contributed by atoms with van der Waals surface area (Å²) >= 11 is -1.42. The van der Waals surface area contributed by atoms with Crippen molar-refractivity contribution in [2.75, 3.05) is 13.1 Å². The van der Waals surface area contributed by atoms with Gasteiger partial charge in [0.25, 0.3) is 0 Å². The molecule has 5 nitrogen and oxygen atoms in total. The number of halogens is 3. The maximum atomic E-state index is 12.7. The van der Waals surface area contributed by atoms with E-state index in [1.165, 1.54) is 24.3 Å². The summed E-state index contributed by atoms with van der Waals surface area (Å²) in [5.74, 6) is 0.889. The van der Waals surface area contributed by atoms with Crippen molar-refractivity contribution in [1.82, 2.24) is 14.3 Å². The number of fused-ring (bicyclic) bond motifs is 1. The van der Waals surface area contributed by atoms with Crippen LogP contribution in [-0.2, 0) is 11.4 Å². The lowest BCUT2D eigenvalue weighted by atomic mass is 9.97. The predicted molar refractivity (Wildman–Crippen MR) is 99.2 cm³/mol. The molecule has 28 heavy (non-hydrogen) atoms. The number of imidazole rings is 1. The van der Waals surface area contributed by atoms with Crippen molar-refractivity contribution in [3.8, 4) is 5.75 Å². The molecule has 2 aromatic carbocycles. The number of ether oxygens (including phenoxy) is 1. The van der Waals surface area contributed by atoms with Gasteiger partial charge in [0.2, 0.25) is 0 Å². The van der Waals surface area contributed by atoms with Gasteiger partial charge < -0.3 is 14.3 Å². The smallest absolute Gasteiger partial charge is 0.573 e. The molecule has 0 spiro atoms. The van der Waals surface area contributed by atoms with Crippen LogP contribution in [0, 0.1) is 0 Å². The zero-order chi connectivity index (χ0) is 19.7. The van der Waals surface area contributed by atoms with Gasteiger partial charge in [-0.3, -0.25) is 0 Å². The fraction of sp³-hybridized carbons (Fsp3) is 0.316. The highest BCUT2D eigenvalue weighted by Gasteiger charge is 2.32. The highest BCUT2D eigenvalue weighted by Crippen LogP contribution is 2.31. The van der Waals surface area contributed by atoms with Crippen LogP contribution in [0.3, 0.4) is 0 Å². The molecule has 0 aliphatic carbocycles. The SMILES string of the molecule is [O-][S+](c1ccc(OC(F)(F)F)cc1)N1CCC(c2nc3ccccc3[nH]2)CC1. The number of hydrogen-bond acceptors (Lipinski definition) is 4. The number of H-pyrrole nitrogens is 1. The van der Waals surface area contributed by atoms with Crippen LogP contribution in [-0.4, -0.2) is 38.3 Å². The van der Waals surface area contributed by atoms with Crippen LogP contribution in [0.15, 0.2) is 53.4 Å². The third-order valence-electron chi connectivity index (χ3n) is 4.74. The Balaban J connectivity index is 1.37. The van der Waals surface area contributed by atoms with Gasteiger partial charge in [0, 0.05) is 19.0 Å². The van der Waals surface area contributed by atoms with Gasteiger partial charge in [-0.25, -0.2) is 4.98 Å². The third-order valence-corrected chi connectivity index (χ3v) is 6.25. The largest absolute Gasteiger partial charge is 0.593 e. The summed E-state index contributed by atoms with van der Waals surface area (Å²) in [6.45, 7) is 1.24. The van der Waals surface area contributed by atoms with E-state index in [0.717, 1.165) is 29.7 Å². The fourth-order valence-corrected chi connectivity index (χ4v) is 4.58. The molecule has 1 aliphatic rings. The number of aromatic nitrogens is 2. The summed E-state index contributed by atoms with van der Waals surface area (Å²) < 4.78 is 55.1. The number of benzene rings is 2. The van der Waals surface area contributed by atoms with Crippen molar-refractivity contribution in [2.45, 2.75) is 30.0 Å². The molecule has 0 amide bonds. The van der Waals surface area contributed by atoms with Crippen molar-refractivity contribution in [1.29, 1.82) is 0 Å². The molecule has 0 saturated carbocycles. The van der Waals surface area contributed by atoms with Crippen molar-refractivity contribution in [2.24, 2.45) is 0 Å². The third kappa shape index (κ3) is 4.26. The average molecular weight is 409 g/mol. The normalized spacial score (nSPS) is 17.7. The summed E-state index contributed by atoms with van der Waals surface area (Å²) in [5.41, 5.74) is 1.94. The summed E-state index contributed by atoms with van der Waals surface area (Å²) in [4.78, 5) is 8.46. The average Bonchev–Trinajstić information content (AvgIpc) is 3.11. The van der Waals surface area contributed by atoms with Crippen molar-refractivity contribution in [3.63, 3.8) is 0 Å². The Bertz CT molecular complexity index is 904. The van der Waals surface area contributed by atoms with Gasteiger partial charge >= 0.3 is 6.36 Å². The quantitative estimate of drug-likeness (QED) is 0.650. The summed E-state index contributed by atoms with van der Waals surface area (Å²) in [6.07, 6.45) is -3.12. The topological polar surface area (TPSA) is 64.2 Å². The molecule has 1 fully saturated rings. The molecule has 3 aromatic rings. The molecule has 1 aliphatic heterocycles. The zero-order valence-corrected chi connectivity index (χ0v) is 15.6. The minimum atomic E-state index is -4.74. The second-order valence-corrected chi connectivity index (χ2v) is 8.10. The van der Waals surface area contributed by atoms with Crippen LogP contribution in [0.1, 0.15) is 24.6 Å². The molecule has 1 N–H and O–H groups in total. The number of para-hydroxylation sites is 2. The highest BCUT2D eigenvalue weighted by atomic mass is 32.2. The first-order chi connectivity index (χ1) is 13.4. The van der Waals surface area contributed by atoms with Gasteiger partial charge in [0.15, 0.2) is 4.90 Å². The van der Waals surface area contributed by atoms with Crippen LogP contribution in [0.25, 0.3) is 11.0 Å². The number of aromatic amines is 1. The van der Waals surface area contributed by atoms with Crippen LogP contribution in [0.5, 0.6) is 5.75 Å². The lowest BCUT2D eigenvalue weighted by Gasteiger charge is -2.30. The van der Waals surface area contributed by atoms with Crippen molar-refractivity contribution >= 4 is 22.4 Å². The van der Waals surface area contributed by atoms with E-state index in [9.17, 15) is 17.7 Å². The van der Waals surface area contributed by atoms with Crippen LogP contribution in [0.2, 0.25) is 0 Å². The summed E-state index contributed by atoms with van der Waals surface area (Å²) in [6, 6.07) is 13.0. The lowest BCUT2D eigenvalue weighted by Crippen LogP contribution is -2.38. The molecule has 148 valence electrons. The minimum Gasteiger partial charge on any atom is -0.593 e. The Morgan fingerprint density at radius 2 is 1.75 bits per heavy atom. The first kappa shape index (κ1) is 19.1. The maximum Gasteiger partial charge on any atom is 0.573 e. The van der Waals surface area contributed by atoms with Crippen LogP contribution in [0.4, 0.5) is 13.2 Å². The van der Waals surface area contributed by atoms with Gasteiger partial charge in [-0.1, -0.05) is 12.1 Å². The molecule has 1 unspecified atom stereocenters. The Kier molecular flexibility index (Phi) is 5.22. The van der Waals surface area contributed by atoms with E-state index in [4.69, 9.17) is 0 Å². The summed E-state index contributed by atoms with van der Waals surface area (Å²) in [7, 11) is 0. The van der Waals surface area contributed by atoms with E-state index in [0.29, 0.717) is 18.0 Å². The Morgan fingerprint density at radius 3 is 2.39 bits per heavy atom.